The standard InChI is InChI=1S/C10H8ClFN4O/c11-6-4-7-5(2-1-3-17-7)8(9(6)12)10-13-15-16-14-10/h4H,1-3H2,(H,13,14,15,16). The molecule has 1 aliphatic rings. The summed E-state index contributed by atoms with van der Waals surface area (Å²) in [6, 6.07) is 1.50. The minimum absolute atomic E-state index is 0.00505. The minimum Gasteiger partial charge on any atom is -0.493 e. The van der Waals surface area contributed by atoms with Crippen LogP contribution in [0, 0.1) is 5.82 Å². The van der Waals surface area contributed by atoms with Crippen molar-refractivity contribution >= 4 is 11.6 Å². The molecule has 0 radical (unpaired) electrons. The quantitative estimate of drug-likeness (QED) is 0.845. The number of H-pyrrole nitrogens is 1. The van der Waals surface area contributed by atoms with Crippen LogP contribution in [0.5, 0.6) is 5.75 Å². The van der Waals surface area contributed by atoms with Gasteiger partial charge in [-0.15, -0.1) is 10.2 Å². The Kier molecular flexibility index (Phi) is 2.44. The molecule has 17 heavy (non-hydrogen) atoms. The van der Waals surface area contributed by atoms with Gasteiger partial charge in [0.2, 0.25) is 5.82 Å². The number of hydrogen-bond acceptors (Lipinski definition) is 4. The highest BCUT2D eigenvalue weighted by Gasteiger charge is 2.24. The number of ether oxygens (including phenoxy) is 1. The zero-order chi connectivity index (χ0) is 11.8. The van der Waals surface area contributed by atoms with Crippen molar-refractivity contribution in [2.75, 3.05) is 6.61 Å². The molecule has 0 unspecified atom stereocenters. The first-order valence-electron chi connectivity index (χ1n) is 5.15. The Labute approximate surface area is 101 Å². The molecule has 0 bridgehead atoms. The lowest BCUT2D eigenvalue weighted by Gasteiger charge is -2.20. The molecule has 0 amide bonds. The Bertz CT molecular complexity index is 558. The van der Waals surface area contributed by atoms with Crippen molar-refractivity contribution in [3.8, 4) is 17.1 Å². The molecule has 1 aliphatic heterocycles. The first kappa shape index (κ1) is 10.5. The monoisotopic (exact) mass is 254 g/mol. The first-order valence-corrected chi connectivity index (χ1v) is 5.52. The number of halogens is 2. The molecule has 5 nitrogen and oxygen atoms in total. The zero-order valence-electron chi connectivity index (χ0n) is 8.70. The zero-order valence-corrected chi connectivity index (χ0v) is 9.46. The third kappa shape index (κ3) is 1.64. The van der Waals surface area contributed by atoms with Crippen LogP contribution in [0.2, 0.25) is 5.02 Å². The highest BCUT2D eigenvalue weighted by molar-refractivity contribution is 6.31. The predicted molar refractivity (Wildman–Crippen MR) is 58.4 cm³/mol. The highest BCUT2D eigenvalue weighted by atomic mass is 35.5. The van der Waals surface area contributed by atoms with Gasteiger partial charge in [-0.05, 0) is 18.1 Å². The molecule has 0 atom stereocenters. The Morgan fingerprint density at radius 1 is 1.47 bits per heavy atom. The van der Waals surface area contributed by atoms with Gasteiger partial charge in [-0.2, -0.15) is 5.21 Å². The Hall–Kier alpha value is -1.69. The molecule has 1 aromatic heterocycles. The summed E-state index contributed by atoms with van der Waals surface area (Å²) in [7, 11) is 0. The van der Waals surface area contributed by atoms with Crippen molar-refractivity contribution < 1.29 is 9.13 Å². The second-order valence-corrected chi connectivity index (χ2v) is 4.12. The summed E-state index contributed by atoms with van der Waals surface area (Å²) in [6.07, 6.45) is 1.55. The summed E-state index contributed by atoms with van der Waals surface area (Å²) in [5.41, 5.74) is 1.03. The van der Waals surface area contributed by atoms with Crippen LogP contribution in [0.15, 0.2) is 6.07 Å². The summed E-state index contributed by atoms with van der Waals surface area (Å²) in [5, 5.41) is 13.3. The van der Waals surface area contributed by atoms with Crippen LogP contribution in [-0.2, 0) is 6.42 Å². The van der Waals surface area contributed by atoms with E-state index in [1.54, 1.807) is 0 Å². The summed E-state index contributed by atoms with van der Waals surface area (Å²) in [4.78, 5) is 0. The maximum absolute atomic E-state index is 14.0. The minimum atomic E-state index is -0.530. The third-order valence-electron chi connectivity index (χ3n) is 2.68. The van der Waals surface area contributed by atoms with Crippen LogP contribution < -0.4 is 4.74 Å². The van der Waals surface area contributed by atoms with Crippen LogP contribution >= 0.6 is 11.6 Å². The number of hydrogen-bond donors (Lipinski definition) is 1. The summed E-state index contributed by atoms with van der Waals surface area (Å²) >= 11 is 5.83. The summed E-state index contributed by atoms with van der Waals surface area (Å²) in [5.74, 6) is 0.270. The van der Waals surface area contributed by atoms with Crippen molar-refractivity contribution in [3.63, 3.8) is 0 Å². The van der Waals surface area contributed by atoms with Gasteiger partial charge in [-0.25, -0.2) is 4.39 Å². The van der Waals surface area contributed by atoms with Crippen molar-refractivity contribution in [1.82, 2.24) is 20.6 Å². The van der Waals surface area contributed by atoms with Crippen LogP contribution in [-0.4, -0.2) is 27.2 Å². The summed E-state index contributed by atoms with van der Waals surface area (Å²) in [6.45, 7) is 0.612. The van der Waals surface area contributed by atoms with Gasteiger partial charge in [0.15, 0.2) is 5.82 Å². The second kappa shape index (κ2) is 3.96. The average Bonchev–Trinajstić information content (AvgIpc) is 2.84. The fourth-order valence-electron chi connectivity index (χ4n) is 1.95. The molecule has 2 heterocycles. The lowest BCUT2D eigenvalue weighted by molar-refractivity contribution is 0.288. The molecule has 1 N–H and O–H groups in total. The molecule has 0 spiro atoms. The van der Waals surface area contributed by atoms with E-state index < -0.39 is 5.82 Å². The summed E-state index contributed by atoms with van der Waals surface area (Å²) < 4.78 is 19.5. The van der Waals surface area contributed by atoms with E-state index in [9.17, 15) is 4.39 Å². The third-order valence-corrected chi connectivity index (χ3v) is 2.96. The number of rotatable bonds is 1. The van der Waals surface area contributed by atoms with Crippen LogP contribution in [0.25, 0.3) is 11.4 Å². The highest BCUT2D eigenvalue weighted by Crippen LogP contribution is 2.38. The number of nitrogens with zero attached hydrogens (tertiary/aromatic N) is 3. The number of tetrazole rings is 1. The smallest absolute Gasteiger partial charge is 0.208 e. The maximum Gasteiger partial charge on any atom is 0.208 e. The molecule has 0 saturated carbocycles. The predicted octanol–water partition coefficient (Wildman–Crippen LogP) is 1.98. The number of nitrogens with one attached hydrogen (secondary N) is 1. The van der Waals surface area contributed by atoms with E-state index in [2.05, 4.69) is 20.6 Å². The van der Waals surface area contributed by atoms with Crippen molar-refractivity contribution in [1.29, 1.82) is 0 Å². The molecule has 7 heteroatoms. The molecule has 0 saturated heterocycles. The maximum atomic E-state index is 14.0. The molecule has 3 rings (SSSR count). The normalized spacial score (nSPS) is 14.2. The van der Waals surface area contributed by atoms with E-state index in [-0.39, 0.29) is 16.4 Å². The first-order chi connectivity index (χ1) is 8.27. The number of fused-ring (bicyclic) bond motifs is 1. The van der Waals surface area contributed by atoms with E-state index in [4.69, 9.17) is 16.3 Å². The second-order valence-electron chi connectivity index (χ2n) is 3.71. The van der Waals surface area contributed by atoms with Crippen molar-refractivity contribution in [2.45, 2.75) is 12.8 Å². The van der Waals surface area contributed by atoms with E-state index in [1.807, 2.05) is 0 Å². The number of benzene rings is 1. The molecule has 2 aromatic rings. The van der Waals surface area contributed by atoms with Gasteiger partial charge in [0.05, 0.1) is 17.2 Å². The topological polar surface area (TPSA) is 63.7 Å². The molecule has 1 aromatic carbocycles. The van der Waals surface area contributed by atoms with Crippen molar-refractivity contribution in [3.05, 3.63) is 22.5 Å². The van der Waals surface area contributed by atoms with Gasteiger partial charge in [-0.1, -0.05) is 11.6 Å². The fraction of sp³-hybridized carbons (Fsp3) is 0.300. The van der Waals surface area contributed by atoms with E-state index in [0.717, 1.165) is 12.0 Å². The molecule has 0 fully saturated rings. The lowest BCUT2D eigenvalue weighted by Crippen LogP contribution is -2.11. The lowest BCUT2D eigenvalue weighted by atomic mass is 9.99. The van der Waals surface area contributed by atoms with E-state index in [0.29, 0.717) is 18.8 Å². The average molecular weight is 255 g/mol. The van der Waals surface area contributed by atoms with Crippen molar-refractivity contribution in [2.24, 2.45) is 0 Å². The van der Waals surface area contributed by atoms with Gasteiger partial charge < -0.3 is 4.74 Å². The Morgan fingerprint density at radius 3 is 3.12 bits per heavy atom. The largest absolute Gasteiger partial charge is 0.493 e. The molecular weight excluding hydrogens is 247 g/mol. The van der Waals surface area contributed by atoms with Gasteiger partial charge in [0.1, 0.15) is 5.75 Å². The van der Waals surface area contributed by atoms with E-state index >= 15 is 0 Å². The van der Waals surface area contributed by atoms with Crippen LogP contribution in [0.1, 0.15) is 12.0 Å². The van der Waals surface area contributed by atoms with Gasteiger partial charge in [-0.3, -0.25) is 0 Å². The van der Waals surface area contributed by atoms with Crippen LogP contribution in [0.4, 0.5) is 4.39 Å². The number of aromatic amines is 1. The van der Waals surface area contributed by atoms with E-state index in [1.165, 1.54) is 6.07 Å². The molecular formula is C10H8ClFN4O. The Morgan fingerprint density at radius 2 is 2.35 bits per heavy atom. The Balaban J connectivity index is 2.28. The fourth-order valence-corrected chi connectivity index (χ4v) is 2.14. The van der Waals surface area contributed by atoms with Crippen LogP contribution in [0.3, 0.4) is 0 Å². The van der Waals surface area contributed by atoms with Gasteiger partial charge >= 0.3 is 0 Å². The molecule has 88 valence electrons. The molecule has 0 aliphatic carbocycles. The van der Waals surface area contributed by atoms with Gasteiger partial charge in [0.25, 0.3) is 0 Å². The van der Waals surface area contributed by atoms with Gasteiger partial charge in [0, 0.05) is 11.6 Å². The SMILES string of the molecule is Fc1c(Cl)cc2c(c1-c1nn[nH]n1)CCCO2. The number of aromatic nitrogens is 4.